The third-order valence-electron chi connectivity index (χ3n) is 5.61. The Morgan fingerprint density at radius 1 is 1.10 bits per heavy atom. The summed E-state index contributed by atoms with van der Waals surface area (Å²) in [5.74, 6) is -0.381. The average molecular weight is 421 g/mol. The lowest BCUT2D eigenvalue weighted by Gasteiger charge is -2.34. The van der Waals surface area contributed by atoms with E-state index in [4.69, 9.17) is 0 Å². The van der Waals surface area contributed by atoms with Gasteiger partial charge in [-0.3, -0.25) is 14.6 Å². The van der Waals surface area contributed by atoms with Crippen LogP contribution in [0.1, 0.15) is 42.6 Å². The number of hydrogen-bond acceptors (Lipinski definition) is 5. The maximum Gasteiger partial charge on any atom is 0.272 e. The molecule has 2 aliphatic heterocycles. The summed E-state index contributed by atoms with van der Waals surface area (Å²) in [5, 5.41) is 2.39. The first kappa shape index (κ1) is 21.4. The highest BCUT2D eigenvalue weighted by Gasteiger charge is 2.36. The van der Waals surface area contributed by atoms with Crippen molar-refractivity contribution in [2.45, 2.75) is 43.4 Å². The van der Waals surface area contributed by atoms with Crippen LogP contribution in [0, 0.1) is 0 Å². The highest BCUT2D eigenvalue weighted by Crippen LogP contribution is 2.24. The maximum atomic E-state index is 13.1. The second-order valence-corrected chi connectivity index (χ2v) is 9.70. The van der Waals surface area contributed by atoms with Gasteiger partial charge < -0.3 is 10.2 Å². The van der Waals surface area contributed by atoms with E-state index in [-0.39, 0.29) is 17.9 Å². The number of amides is 2. The van der Waals surface area contributed by atoms with E-state index in [2.05, 4.69) is 16.9 Å². The van der Waals surface area contributed by atoms with Crippen molar-refractivity contribution in [1.29, 1.82) is 0 Å². The third-order valence-corrected chi connectivity index (χ3v) is 8.01. The summed E-state index contributed by atoms with van der Waals surface area (Å²) in [6.45, 7) is 5.14. The molecule has 8 nitrogen and oxygen atoms in total. The van der Waals surface area contributed by atoms with Gasteiger partial charge in [-0.25, -0.2) is 12.7 Å². The lowest BCUT2D eigenvalue weighted by atomic mass is 10.1. The number of nitrogens with one attached hydrogen (secondary N) is 1. The van der Waals surface area contributed by atoms with E-state index in [1.807, 2.05) is 0 Å². The number of piperidine rings is 1. The van der Waals surface area contributed by atoms with Crippen molar-refractivity contribution in [3.63, 3.8) is 0 Å². The first-order valence-electron chi connectivity index (χ1n) is 10.0. The second kappa shape index (κ2) is 9.49. The summed E-state index contributed by atoms with van der Waals surface area (Å²) >= 11 is 0. The first-order chi connectivity index (χ1) is 13.9. The molecule has 29 heavy (non-hydrogen) atoms. The molecule has 1 aromatic heterocycles. The predicted molar refractivity (Wildman–Crippen MR) is 110 cm³/mol. The van der Waals surface area contributed by atoms with Crippen LogP contribution >= 0.6 is 0 Å². The normalized spacial score (nSPS) is 21.9. The fraction of sp³-hybridized carbons (Fsp3) is 0.550. The van der Waals surface area contributed by atoms with E-state index < -0.39 is 15.3 Å². The quantitative estimate of drug-likeness (QED) is 0.721. The Hall–Kier alpha value is -2.26. The molecule has 1 atom stereocenters. The average Bonchev–Trinajstić information content (AvgIpc) is 3.00. The van der Waals surface area contributed by atoms with Crippen LogP contribution in [0.4, 0.5) is 0 Å². The minimum absolute atomic E-state index is 0.0291. The highest BCUT2D eigenvalue weighted by atomic mass is 32.2. The topological polar surface area (TPSA) is 99.7 Å². The van der Waals surface area contributed by atoms with Crippen LogP contribution in [-0.4, -0.2) is 71.9 Å². The molecule has 0 spiro atoms. The van der Waals surface area contributed by atoms with Crippen molar-refractivity contribution in [1.82, 2.24) is 19.5 Å². The number of carbonyl (C=O) groups excluding carboxylic acids is 2. The molecule has 0 saturated carbocycles. The van der Waals surface area contributed by atoms with Crippen molar-refractivity contribution in [3.8, 4) is 0 Å². The Kier molecular flexibility index (Phi) is 7.02. The maximum absolute atomic E-state index is 13.1. The van der Waals surface area contributed by atoms with E-state index in [1.54, 1.807) is 33.6 Å². The fourth-order valence-electron chi connectivity index (χ4n) is 3.95. The molecule has 2 amide bonds. The van der Waals surface area contributed by atoms with Crippen molar-refractivity contribution in [2.75, 3.05) is 26.2 Å². The molecule has 158 valence electrons. The van der Waals surface area contributed by atoms with Gasteiger partial charge in [-0.15, -0.1) is 0 Å². The molecule has 0 bridgehead atoms. The number of carbonyl (C=O) groups is 2. The Morgan fingerprint density at radius 3 is 2.52 bits per heavy atom. The lowest BCUT2D eigenvalue weighted by Crippen LogP contribution is -2.47. The van der Waals surface area contributed by atoms with Crippen LogP contribution in [-0.2, 0) is 14.8 Å². The minimum Gasteiger partial charge on any atom is -0.350 e. The molecule has 1 N–H and O–H groups in total. The van der Waals surface area contributed by atoms with E-state index in [9.17, 15) is 18.0 Å². The first-order valence-corrected chi connectivity index (χ1v) is 11.5. The Bertz CT molecular complexity index is 835. The number of likely N-dealkylation sites (tertiary alicyclic amines) is 1. The van der Waals surface area contributed by atoms with Gasteiger partial charge in [0.05, 0.1) is 5.25 Å². The molecule has 0 radical (unpaired) electrons. The fourth-order valence-corrected chi connectivity index (χ4v) is 5.92. The molecular weight excluding hydrogens is 392 g/mol. The van der Waals surface area contributed by atoms with E-state index in [1.165, 1.54) is 6.08 Å². The molecule has 9 heteroatoms. The number of nitrogens with zero attached hydrogens (tertiary/aromatic N) is 3. The zero-order valence-electron chi connectivity index (χ0n) is 16.5. The van der Waals surface area contributed by atoms with Crippen molar-refractivity contribution < 1.29 is 18.0 Å². The van der Waals surface area contributed by atoms with Crippen LogP contribution in [0.15, 0.2) is 37.1 Å². The zero-order chi connectivity index (χ0) is 20.9. The molecule has 0 aliphatic carbocycles. The number of aromatic nitrogens is 1. The Labute approximate surface area is 172 Å². The number of pyridine rings is 1. The summed E-state index contributed by atoms with van der Waals surface area (Å²) in [6.07, 6.45) is 5.72. The Morgan fingerprint density at radius 2 is 1.86 bits per heavy atom. The summed E-state index contributed by atoms with van der Waals surface area (Å²) in [7, 11) is -3.43. The molecule has 3 rings (SSSR count). The van der Waals surface area contributed by atoms with Gasteiger partial charge in [0.2, 0.25) is 15.9 Å². The van der Waals surface area contributed by atoms with Gasteiger partial charge in [0, 0.05) is 38.4 Å². The summed E-state index contributed by atoms with van der Waals surface area (Å²) in [6, 6.07) is 5.16. The third kappa shape index (κ3) is 5.22. The molecule has 2 fully saturated rings. The molecular formula is C20H28N4O4S. The van der Waals surface area contributed by atoms with Crippen LogP contribution in [0.25, 0.3) is 0 Å². The van der Waals surface area contributed by atoms with E-state index in [0.717, 1.165) is 6.42 Å². The van der Waals surface area contributed by atoms with Crippen molar-refractivity contribution >= 4 is 21.8 Å². The van der Waals surface area contributed by atoms with Gasteiger partial charge in [0.1, 0.15) is 5.69 Å². The van der Waals surface area contributed by atoms with Crippen molar-refractivity contribution in [3.05, 3.63) is 42.7 Å². The van der Waals surface area contributed by atoms with E-state index in [0.29, 0.717) is 57.6 Å². The van der Waals surface area contributed by atoms with Crippen LogP contribution in [0.3, 0.4) is 0 Å². The van der Waals surface area contributed by atoms with Gasteiger partial charge in [-0.05, 0) is 50.3 Å². The summed E-state index contributed by atoms with van der Waals surface area (Å²) in [5.41, 5.74) is 0.383. The van der Waals surface area contributed by atoms with Crippen LogP contribution in [0.2, 0.25) is 0 Å². The van der Waals surface area contributed by atoms with Gasteiger partial charge >= 0.3 is 0 Å². The largest absolute Gasteiger partial charge is 0.350 e. The molecule has 2 aliphatic rings. The van der Waals surface area contributed by atoms with E-state index >= 15 is 0 Å². The molecule has 0 aromatic carbocycles. The highest BCUT2D eigenvalue weighted by molar-refractivity contribution is 7.89. The summed E-state index contributed by atoms with van der Waals surface area (Å²) in [4.78, 5) is 29.8. The number of rotatable bonds is 5. The predicted octanol–water partition coefficient (Wildman–Crippen LogP) is 1.17. The number of hydrogen-bond donors (Lipinski definition) is 1. The Balaban J connectivity index is 1.56. The number of sulfonamides is 1. The molecule has 1 aromatic rings. The van der Waals surface area contributed by atoms with Crippen LogP contribution in [0.5, 0.6) is 0 Å². The molecule has 2 saturated heterocycles. The van der Waals surface area contributed by atoms with Gasteiger partial charge in [-0.2, -0.15) is 0 Å². The van der Waals surface area contributed by atoms with Crippen molar-refractivity contribution in [2.24, 2.45) is 0 Å². The van der Waals surface area contributed by atoms with Gasteiger partial charge in [0.25, 0.3) is 5.91 Å². The SMILES string of the molecule is C=CC(=O)NC1CCCN(S(=O)(=O)C2CCN(C(=O)c3ccccn3)CC2)CC1. The molecule has 3 heterocycles. The standard InChI is InChI=1S/C20H28N4O4S/c1-2-19(25)22-16-6-5-12-24(15-8-16)29(27,28)17-9-13-23(14-10-17)20(26)18-7-3-4-11-21-18/h2-4,7,11,16-17H,1,5-6,8-10,12-15H2,(H,22,25). The van der Waals surface area contributed by atoms with Gasteiger partial charge in [-0.1, -0.05) is 12.6 Å². The van der Waals surface area contributed by atoms with Crippen LogP contribution < -0.4 is 5.32 Å². The zero-order valence-corrected chi connectivity index (χ0v) is 17.3. The lowest BCUT2D eigenvalue weighted by molar-refractivity contribution is -0.117. The second-order valence-electron chi connectivity index (χ2n) is 7.49. The monoisotopic (exact) mass is 420 g/mol. The minimum atomic E-state index is -3.43. The smallest absolute Gasteiger partial charge is 0.272 e. The summed E-state index contributed by atoms with van der Waals surface area (Å²) < 4.78 is 27.8. The van der Waals surface area contributed by atoms with Gasteiger partial charge in [0.15, 0.2) is 0 Å². The molecule has 1 unspecified atom stereocenters.